The van der Waals surface area contributed by atoms with Gasteiger partial charge in [-0.2, -0.15) is 0 Å². The third-order valence-corrected chi connectivity index (χ3v) is 5.37. The summed E-state index contributed by atoms with van der Waals surface area (Å²) in [4.78, 5) is 2.55. The van der Waals surface area contributed by atoms with Gasteiger partial charge in [0.2, 0.25) is 0 Å². The Morgan fingerprint density at radius 2 is 1.83 bits per heavy atom. The molecule has 0 spiro atoms. The van der Waals surface area contributed by atoms with Gasteiger partial charge in [-0.25, -0.2) is 0 Å². The largest absolute Gasteiger partial charge is 0.327 e. The molecular weight excluding hydrogens is 220 g/mol. The first-order valence-electron chi connectivity index (χ1n) is 8.00. The van der Waals surface area contributed by atoms with E-state index in [2.05, 4.69) is 25.8 Å². The molecule has 3 atom stereocenters. The minimum Gasteiger partial charge on any atom is -0.327 e. The van der Waals surface area contributed by atoms with E-state index in [1.807, 2.05) is 0 Å². The normalized spacial score (nSPS) is 34.0. The highest BCUT2D eigenvalue weighted by Gasteiger charge is 2.30. The van der Waals surface area contributed by atoms with Crippen molar-refractivity contribution in [1.29, 1.82) is 0 Å². The van der Waals surface area contributed by atoms with Crippen LogP contribution < -0.4 is 5.73 Å². The summed E-state index contributed by atoms with van der Waals surface area (Å²) < 4.78 is 0. The van der Waals surface area contributed by atoms with Crippen LogP contribution in [0.2, 0.25) is 0 Å². The van der Waals surface area contributed by atoms with E-state index >= 15 is 0 Å². The zero-order valence-corrected chi connectivity index (χ0v) is 12.6. The van der Waals surface area contributed by atoms with Crippen molar-refractivity contribution < 1.29 is 0 Å². The lowest BCUT2D eigenvalue weighted by Crippen LogP contribution is -2.44. The lowest BCUT2D eigenvalue weighted by atomic mass is 9.73. The van der Waals surface area contributed by atoms with Gasteiger partial charge >= 0.3 is 0 Å². The topological polar surface area (TPSA) is 29.3 Å². The smallest absolute Gasteiger partial charge is 0.00795 e. The molecule has 0 bridgehead atoms. The Morgan fingerprint density at radius 3 is 2.39 bits per heavy atom. The minimum absolute atomic E-state index is 0.448. The number of rotatable bonds is 5. The molecule has 0 aromatic rings. The van der Waals surface area contributed by atoms with Crippen molar-refractivity contribution in [3.8, 4) is 0 Å². The number of nitrogens with zero attached hydrogens (tertiary/aromatic N) is 1. The Kier molecular flexibility index (Phi) is 5.08. The predicted octanol–water partition coefficient (Wildman–Crippen LogP) is 3.12. The number of nitrogens with two attached hydrogens (primary N) is 1. The second-order valence-corrected chi connectivity index (χ2v) is 7.26. The molecule has 18 heavy (non-hydrogen) atoms. The fraction of sp³-hybridized carbons (Fsp3) is 1.00. The van der Waals surface area contributed by atoms with Crippen LogP contribution in [0.5, 0.6) is 0 Å². The van der Waals surface area contributed by atoms with E-state index in [0.717, 1.165) is 23.7 Å². The Balaban J connectivity index is 1.77. The van der Waals surface area contributed by atoms with E-state index in [0.29, 0.717) is 6.04 Å². The summed E-state index contributed by atoms with van der Waals surface area (Å²) in [5.74, 6) is 3.45. The van der Waals surface area contributed by atoms with Gasteiger partial charge in [0.25, 0.3) is 0 Å². The zero-order valence-electron chi connectivity index (χ0n) is 12.6. The molecule has 2 rings (SSSR count). The average molecular weight is 252 g/mol. The van der Waals surface area contributed by atoms with Crippen LogP contribution in [0.4, 0.5) is 0 Å². The van der Waals surface area contributed by atoms with Crippen LogP contribution in [0.25, 0.3) is 0 Å². The van der Waals surface area contributed by atoms with E-state index in [1.165, 1.54) is 51.6 Å². The molecule has 0 aliphatic heterocycles. The summed E-state index contributed by atoms with van der Waals surface area (Å²) in [7, 11) is 2.30. The Hall–Kier alpha value is -0.0800. The Bertz CT molecular complexity index is 247. The molecule has 0 radical (unpaired) electrons. The molecule has 106 valence electrons. The van der Waals surface area contributed by atoms with Crippen molar-refractivity contribution in [3.05, 3.63) is 0 Å². The zero-order chi connectivity index (χ0) is 13.1. The summed E-state index contributed by atoms with van der Waals surface area (Å²) in [6, 6.07) is 0.448. The van der Waals surface area contributed by atoms with Crippen molar-refractivity contribution in [2.75, 3.05) is 20.1 Å². The van der Waals surface area contributed by atoms with Crippen LogP contribution in [0.3, 0.4) is 0 Å². The first-order chi connectivity index (χ1) is 8.56. The molecule has 2 aliphatic rings. The third kappa shape index (κ3) is 3.71. The standard InChI is InChI=1S/C16H32N2/c1-12(2)14-7-8-16(17)15(9-14)11-18(3)10-13-5-4-6-13/h12-16H,4-11,17H2,1-3H3. The summed E-state index contributed by atoms with van der Waals surface area (Å²) in [6.45, 7) is 7.27. The van der Waals surface area contributed by atoms with Gasteiger partial charge in [0.1, 0.15) is 0 Å². The van der Waals surface area contributed by atoms with E-state index in [1.54, 1.807) is 0 Å². The summed E-state index contributed by atoms with van der Waals surface area (Å²) in [6.07, 6.45) is 8.31. The highest BCUT2D eigenvalue weighted by Crippen LogP contribution is 2.34. The van der Waals surface area contributed by atoms with Crippen LogP contribution in [0.1, 0.15) is 52.4 Å². The molecular formula is C16H32N2. The lowest BCUT2D eigenvalue weighted by Gasteiger charge is -2.39. The molecule has 2 nitrogen and oxygen atoms in total. The predicted molar refractivity (Wildman–Crippen MR) is 78.5 cm³/mol. The minimum atomic E-state index is 0.448. The molecule has 0 amide bonds. The van der Waals surface area contributed by atoms with Gasteiger partial charge in [-0.3, -0.25) is 0 Å². The SMILES string of the molecule is CC(C)C1CCC(N)C(CN(C)CC2CCC2)C1. The average Bonchev–Trinajstić information content (AvgIpc) is 2.26. The van der Waals surface area contributed by atoms with Gasteiger partial charge in [0.05, 0.1) is 0 Å². The van der Waals surface area contributed by atoms with E-state index in [4.69, 9.17) is 5.73 Å². The quantitative estimate of drug-likeness (QED) is 0.814. The van der Waals surface area contributed by atoms with Crippen LogP contribution in [-0.4, -0.2) is 31.1 Å². The summed E-state index contributed by atoms with van der Waals surface area (Å²) >= 11 is 0. The second-order valence-electron chi connectivity index (χ2n) is 7.26. The molecule has 2 N–H and O–H groups in total. The van der Waals surface area contributed by atoms with Gasteiger partial charge in [-0.05, 0) is 62.8 Å². The molecule has 0 saturated heterocycles. The molecule has 2 heteroatoms. The first kappa shape index (κ1) is 14.3. The van der Waals surface area contributed by atoms with Crippen molar-refractivity contribution in [1.82, 2.24) is 4.90 Å². The summed E-state index contributed by atoms with van der Waals surface area (Å²) in [5, 5.41) is 0. The first-order valence-corrected chi connectivity index (χ1v) is 8.00. The summed E-state index contributed by atoms with van der Waals surface area (Å²) in [5.41, 5.74) is 6.34. The van der Waals surface area contributed by atoms with Crippen LogP contribution in [-0.2, 0) is 0 Å². The van der Waals surface area contributed by atoms with Gasteiger partial charge in [0, 0.05) is 19.1 Å². The van der Waals surface area contributed by atoms with E-state index < -0.39 is 0 Å². The van der Waals surface area contributed by atoms with E-state index in [-0.39, 0.29) is 0 Å². The maximum absolute atomic E-state index is 6.34. The van der Waals surface area contributed by atoms with Crippen LogP contribution in [0.15, 0.2) is 0 Å². The van der Waals surface area contributed by atoms with Crippen molar-refractivity contribution in [2.45, 2.75) is 58.4 Å². The molecule has 2 saturated carbocycles. The molecule has 2 fully saturated rings. The third-order valence-electron chi connectivity index (χ3n) is 5.37. The monoisotopic (exact) mass is 252 g/mol. The van der Waals surface area contributed by atoms with Gasteiger partial charge < -0.3 is 10.6 Å². The van der Waals surface area contributed by atoms with Gasteiger partial charge in [-0.1, -0.05) is 20.3 Å². The fourth-order valence-electron chi connectivity index (χ4n) is 3.73. The maximum Gasteiger partial charge on any atom is 0.00795 e. The molecule has 0 aromatic heterocycles. The van der Waals surface area contributed by atoms with E-state index in [9.17, 15) is 0 Å². The second kappa shape index (κ2) is 6.38. The fourth-order valence-corrected chi connectivity index (χ4v) is 3.73. The van der Waals surface area contributed by atoms with Crippen LogP contribution in [0, 0.1) is 23.7 Å². The Morgan fingerprint density at radius 1 is 1.11 bits per heavy atom. The van der Waals surface area contributed by atoms with Gasteiger partial charge in [-0.15, -0.1) is 0 Å². The maximum atomic E-state index is 6.34. The van der Waals surface area contributed by atoms with Crippen molar-refractivity contribution in [2.24, 2.45) is 29.4 Å². The Labute approximate surface area is 113 Å². The highest BCUT2D eigenvalue weighted by molar-refractivity contribution is 4.86. The van der Waals surface area contributed by atoms with Crippen molar-refractivity contribution in [3.63, 3.8) is 0 Å². The molecule has 3 unspecified atom stereocenters. The van der Waals surface area contributed by atoms with Crippen molar-refractivity contribution >= 4 is 0 Å². The molecule has 0 heterocycles. The number of hydrogen-bond donors (Lipinski definition) is 1. The molecule has 2 aliphatic carbocycles. The van der Waals surface area contributed by atoms with Crippen LogP contribution >= 0.6 is 0 Å². The number of hydrogen-bond acceptors (Lipinski definition) is 2. The lowest BCUT2D eigenvalue weighted by molar-refractivity contribution is 0.128. The highest BCUT2D eigenvalue weighted by atomic mass is 15.1. The van der Waals surface area contributed by atoms with Gasteiger partial charge in [0.15, 0.2) is 0 Å². The molecule has 0 aromatic carbocycles.